The molecule has 1 atom stereocenters. The molecule has 0 aromatic heterocycles. The van der Waals surface area contributed by atoms with Crippen LogP contribution in [0.5, 0.6) is 0 Å². The number of nitrogens with zero attached hydrogens (tertiary/aromatic N) is 1. The lowest BCUT2D eigenvalue weighted by molar-refractivity contribution is -0.137. The SMILES string of the molecule is O=C(C(CNc1ccccc1)c1ccc(C(F)(F)F)cc1)N1CCc2ccccc21. The largest absolute Gasteiger partial charge is 0.416 e. The van der Waals surface area contributed by atoms with Gasteiger partial charge >= 0.3 is 6.18 Å². The monoisotopic (exact) mass is 410 g/mol. The van der Waals surface area contributed by atoms with Crippen molar-refractivity contribution in [2.75, 3.05) is 23.3 Å². The Morgan fingerprint density at radius 1 is 0.933 bits per heavy atom. The maximum atomic E-state index is 13.5. The molecule has 0 fully saturated rings. The number of alkyl halides is 3. The fraction of sp³-hybridized carbons (Fsp3) is 0.208. The molecule has 0 saturated carbocycles. The van der Waals surface area contributed by atoms with Crippen molar-refractivity contribution in [2.24, 2.45) is 0 Å². The number of amides is 1. The number of rotatable bonds is 5. The first-order valence-electron chi connectivity index (χ1n) is 9.79. The molecule has 30 heavy (non-hydrogen) atoms. The van der Waals surface area contributed by atoms with Gasteiger partial charge in [0.2, 0.25) is 5.91 Å². The number of hydrogen-bond donors (Lipinski definition) is 1. The third kappa shape index (κ3) is 4.17. The van der Waals surface area contributed by atoms with Gasteiger partial charge in [0.1, 0.15) is 0 Å². The van der Waals surface area contributed by atoms with Crippen LogP contribution in [0.15, 0.2) is 78.9 Å². The van der Waals surface area contributed by atoms with E-state index in [-0.39, 0.29) is 12.5 Å². The fourth-order valence-electron chi connectivity index (χ4n) is 3.78. The summed E-state index contributed by atoms with van der Waals surface area (Å²) in [5.74, 6) is -0.734. The van der Waals surface area contributed by atoms with Crippen LogP contribution < -0.4 is 10.2 Å². The number of nitrogens with one attached hydrogen (secondary N) is 1. The number of carbonyl (C=O) groups is 1. The minimum atomic E-state index is -4.41. The minimum Gasteiger partial charge on any atom is -0.384 e. The highest BCUT2D eigenvalue weighted by Gasteiger charge is 2.33. The smallest absolute Gasteiger partial charge is 0.384 e. The number of halogens is 3. The Morgan fingerprint density at radius 2 is 1.60 bits per heavy atom. The molecule has 0 aliphatic carbocycles. The Kier molecular flexibility index (Phi) is 5.48. The lowest BCUT2D eigenvalue weighted by Crippen LogP contribution is -2.36. The van der Waals surface area contributed by atoms with Crippen molar-refractivity contribution in [2.45, 2.75) is 18.5 Å². The Morgan fingerprint density at radius 3 is 2.30 bits per heavy atom. The highest BCUT2D eigenvalue weighted by molar-refractivity contribution is 6.00. The zero-order valence-electron chi connectivity index (χ0n) is 16.2. The van der Waals surface area contributed by atoms with E-state index in [1.54, 1.807) is 4.90 Å². The van der Waals surface area contributed by atoms with Crippen molar-refractivity contribution < 1.29 is 18.0 Å². The molecule has 6 heteroatoms. The highest BCUT2D eigenvalue weighted by atomic mass is 19.4. The topological polar surface area (TPSA) is 32.3 Å². The average molecular weight is 410 g/mol. The molecule has 1 amide bonds. The second-order valence-corrected chi connectivity index (χ2v) is 7.29. The van der Waals surface area contributed by atoms with Gasteiger partial charge in [0.05, 0.1) is 11.5 Å². The van der Waals surface area contributed by atoms with Crippen LogP contribution in [0.3, 0.4) is 0 Å². The molecule has 3 nitrogen and oxygen atoms in total. The van der Waals surface area contributed by atoms with Crippen LogP contribution in [0.2, 0.25) is 0 Å². The molecule has 0 spiro atoms. The summed E-state index contributed by atoms with van der Waals surface area (Å²) < 4.78 is 38.9. The second kappa shape index (κ2) is 8.22. The van der Waals surface area contributed by atoms with Gasteiger partial charge in [-0.2, -0.15) is 13.2 Å². The quantitative estimate of drug-likeness (QED) is 0.603. The summed E-state index contributed by atoms with van der Waals surface area (Å²) in [4.78, 5) is 15.2. The summed E-state index contributed by atoms with van der Waals surface area (Å²) in [6, 6.07) is 22.1. The van der Waals surface area contributed by atoms with Crippen molar-refractivity contribution in [3.05, 3.63) is 95.6 Å². The summed E-state index contributed by atoms with van der Waals surface area (Å²) in [6.07, 6.45) is -3.64. The maximum Gasteiger partial charge on any atom is 0.416 e. The predicted octanol–water partition coefficient (Wildman–Crippen LogP) is 5.49. The zero-order valence-corrected chi connectivity index (χ0v) is 16.2. The molecule has 154 valence electrons. The molecule has 3 aromatic carbocycles. The molecule has 1 unspecified atom stereocenters. The summed E-state index contributed by atoms with van der Waals surface area (Å²) in [5, 5.41) is 3.25. The molecule has 1 aliphatic heterocycles. The van der Waals surface area contributed by atoms with Gasteiger partial charge in [-0.1, -0.05) is 48.5 Å². The maximum absolute atomic E-state index is 13.5. The van der Waals surface area contributed by atoms with Gasteiger partial charge in [-0.3, -0.25) is 4.79 Å². The molecule has 1 aliphatic rings. The lowest BCUT2D eigenvalue weighted by atomic mass is 9.95. The van der Waals surface area contributed by atoms with E-state index in [9.17, 15) is 18.0 Å². The third-order valence-electron chi connectivity index (χ3n) is 5.38. The predicted molar refractivity (Wildman–Crippen MR) is 112 cm³/mol. The number of para-hydroxylation sites is 2. The van der Waals surface area contributed by atoms with Crippen LogP contribution in [0.25, 0.3) is 0 Å². The molecule has 0 bridgehead atoms. The number of anilines is 2. The van der Waals surface area contributed by atoms with Gasteiger partial charge < -0.3 is 10.2 Å². The molecule has 4 rings (SSSR count). The van der Waals surface area contributed by atoms with Crippen LogP contribution in [0, 0.1) is 0 Å². The Bertz CT molecular complexity index is 1020. The normalized spacial score (nSPS) is 14.3. The molecule has 0 radical (unpaired) electrons. The molecule has 0 saturated heterocycles. The van der Waals surface area contributed by atoms with Crippen molar-refractivity contribution in [1.29, 1.82) is 0 Å². The molecule has 1 heterocycles. The first-order valence-corrected chi connectivity index (χ1v) is 9.79. The summed E-state index contributed by atoms with van der Waals surface area (Å²) in [5.41, 5.74) is 2.66. The van der Waals surface area contributed by atoms with E-state index in [1.807, 2.05) is 54.6 Å². The van der Waals surface area contributed by atoms with Gasteiger partial charge in [-0.15, -0.1) is 0 Å². The van der Waals surface area contributed by atoms with Crippen molar-refractivity contribution in [3.63, 3.8) is 0 Å². The fourth-order valence-corrected chi connectivity index (χ4v) is 3.78. The van der Waals surface area contributed by atoms with Gasteiger partial charge in [-0.25, -0.2) is 0 Å². The van der Waals surface area contributed by atoms with Crippen LogP contribution >= 0.6 is 0 Å². The molecular weight excluding hydrogens is 389 g/mol. The lowest BCUT2D eigenvalue weighted by Gasteiger charge is -2.25. The van der Waals surface area contributed by atoms with Gasteiger partial charge in [0.25, 0.3) is 0 Å². The van der Waals surface area contributed by atoms with E-state index in [2.05, 4.69) is 5.32 Å². The van der Waals surface area contributed by atoms with Crippen LogP contribution in [0.1, 0.15) is 22.6 Å². The van der Waals surface area contributed by atoms with E-state index in [4.69, 9.17) is 0 Å². The second-order valence-electron chi connectivity index (χ2n) is 7.29. The third-order valence-corrected chi connectivity index (χ3v) is 5.38. The van der Waals surface area contributed by atoms with Crippen LogP contribution in [-0.2, 0) is 17.4 Å². The van der Waals surface area contributed by atoms with Crippen LogP contribution in [-0.4, -0.2) is 19.0 Å². The van der Waals surface area contributed by atoms with Gasteiger partial charge in [0.15, 0.2) is 0 Å². The van der Waals surface area contributed by atoms with E-state index < -0.39 is 17.7 Å². The van der Waals surface area contributed by atoms with E-state index in [0.717, 1.165) is 35.5 Å². The van der Waals surface area contributed by atoms with Crippen molar-refractivity contribution >= 4 is 17.3 Å². The minimum absolute atomic E-state index is 0.122. The van der Waals surface area contributed by atoms with Crippen molar-refractivity contribution in [3.8, 4) is 0 Å². The first-order chi connectivity index (χ1) is 14.4. The Hall–Kier alpha value is -3.28. The molecule has 3 aromatic rings. The van der Waals surface area contributed by atoms with E-state index in [1.165, 1.54) is 12.1 Å². The first kappa shape index (κ1) is 20.0. The van der Waals surface area contributed by atoms with Crippen LogP contribution in [0.4, 0.5) is 24.5 Å². The van der Waals surface area contributed by atoms with E-state index in [0.29, 0.717) is 12.1 Å². The standard InChI is InChI=1S/C24H21F3N2O/c25-24(26,27)19-12-10-17(11-13-19)21(16-28-20-7-2-1-3-8-20)23(30)29-15-14-18-6-4-5-9-22(18)29/h1-13,21,28H,14-16H2. The highest BCUT2D eigenvalue weighted by Crippen LogP contribution is 2.33. The number of carbonyl (C=O) groups excluding carboxylic acids is 1. The summed E-state index contributed by atoms with van der Waals surface area (Å²) >= 11 is 0. The van der Waals surface area contributed by atoms with Gasteiger partial charge in [-0.05, 0) is 47.9 Å². The zero-order chi connectivity index (χ0) is 21.1. The Labute approximate surface area is 173 Å². The summed E-state index contributed by atoms with van der Waals surface area (Å²) in [7, 11) is 0. The number of hydrogen-bond acceptors (Lipinski definition) is 2. The van der Waals surface area contributed by atoms with Gasteiger partial charge in [0, 0.05) is 24.5 Å². The number of benzene rings is 3. The Balaban J connectivity index is 1.62. The number of fused-ring (bicyclic) bond motifs is 1. The molecule has 1 N–H and O–H groups in total. The van der Waals surface area contributed by atoms with Crippen molar-refractivity contribution in [1.82, 2.24) is 0 Å². The average Bonchev–Trinajstić information content (AvgIpc) is 3.18. The van der Waals surface area contributed by atoms with E-state index >= 15 is 0 Å². The summed E-state index contributed by atoms with van der Waals surface area (Å²) in [6.45, 7) is 0.855. The molecular formula is C24H21F3N2O.